The van der Waals surface area contributed by atoms with Gasteiger partial charge in [-0.1, -0.05) is 6.92 Å². The highest BCUT2D eigenvalue weighted by Crippen LogP contribution is 2.45. The highest BCUT2D eigenvalue weighted by atomic mass is 16.5. The number of methoxy groups -OCH3 is 1. The summed E-state index contributed by atoms with van der Waals surface area (Å²) < 4.78 is 4.83. The van der Waals surface area contributed by atoms with Crippen molar-refractivity contribution in [1.82, 2.24) is 9.80 Å². The lowest BCUT2D eigenvalue weighted by Gasteiger charge is -2.49. The Morgan fingerprint density at radius 3 is 2.70 bits per heavy atom. The monoisotopic (exact) mass is 280 g/mol. The Labute approximate surface area is 122 Å². The number of rotatable bonds is 5. The molecule has 3 atom stereocenters. The molecule has 4 rings (SSSR count). The molecule has 0 aromatic carbocycles. The SMILES string of the molecule is CCCN1CC2C3CCN(CC3)C2C1CCC(=O)OC. The quantitative estimate of drug-likeness (QED) is 0.718. The van der Waals surface area contributed by atoms with Gasteiger partial charge in [0.1, 0.15) is 0 Å². The van der Waals surface area contributed by atoms with Crippen LogP contribution in [0.15, 0.2) is 0 Å². The van der Waals surface area contributed by atoms with Crippen molar-refractivity contribution in [3.63, 3.8) is 0 Å². The number of ether oxygens (including phenoxy) is 1. The molecule has 4 heteroatoms. The molecule has 4 heterocycles. The maximum atomic E-state index is 11.5. The van der Waals surface area contributed by atoms with E-state index >= 15 is 0 Å². The van der Waals surface area contributed by atoms with Crippen molar-refractivity contribution >= 4 is 5.97 Å². The van der Waals surface area contributed by atoms with Crippen molar-refractivity contribution < 1.29 is 9.53 Å². The lowest BCUT2D eigenvalue weighted by molar-refractivity contribution is -0.141. The number of likely N-dealkylation sites (tertiary alicyclic amines) is 1. The summed E-state index contributed by atoms with van der Waals surface area (Å²) in [4.78, 5) is 16.9. The highest BCUT2D eigenvalue weighted by molar-refractivity contribution is 5.69. The van der Waals surface area contributed by atoms with E-state index in [4.69, 9.17) is 4.74 Å². The molecule has 0 radical (unpaired) electrons. The van der Waals surface area contributed by atoms with E-state index in [1.54, 1.807) is 0 Å². The summed E-state index contributed by atoms with van der Waals surface area (Å²) in [5.74, 6) is 1.74. The standard InChI is InChI=1S/C16H28N2O2/c1-3-8-18-11-13-12-6-9-17(10-7-12)16(13)14(18)4-5-15(19)20-2/h12-14,16H,3-11H2,1-2H3. The Bertz CT molecular complexity index is 352. The van der Waals surface area contributed by atoms with Gasteiger partial charge in [0, 0.05) is 25.0 Å². The van der Waals surface area contributed by atoms with Crippen LogP contribution in [-0.2, 0) is 9.53 Å². The van der Waals surface area contributed by atoms with Crippen LogP contribution >= 0.6 is 0 Å². The van der Waals surface area contributed by atoms with Crippen LogP contribution < -0.4 is 0 Å². The molecule has 3 unspecified atom stereocenters. The second-order valence-corrected chi connectivity index (χ2v) is 6.70. The summed E-state index contributed by atoms with van der Waals surface area (Å²) in [5, 5.41) is 0. The van der Waals surface area contributed by atoms with E-state index in [0.717, 1.165) is 18.3 Å². The van der Waals surface area contributed by atoms with Gasteiger partial charge in [0.25, 0.3) is 0 Å². The molecule has 4 aliphatic rings. The number of hydrogen-bond donors (Lipinski definition) is 0. The van der Waals surface area contributed by atoms with Crippen LogP contribution in [0.2, 0.25) is 0 Å². The first-order chi connectivity index (χ1) is 9.74. The second-order valence-electron chi connectivity index (χ2n) is 6.70. The minimum Gasteiger partial charge on any atom is -0.469 e. The Balaban J connectivity index is 1.71. The van der Waals surface area contributed by atoms with Crippen LogP contribution in [0.5, 0.6) is 0 Å². The number of carbonyl (C=O) groups is 1. The minimum atomic E-state index is -0.0548. The number of nitrogens with zero attached hydrogens (tertiary/aromatic N) is 2. The lowest BCUT2D eigenvalue weighted by Crippen LogP contribution is -2.57. The van der Waals surface area contributed by atoms with Gasteiger partial charge in [-0.3, -0.25) is 14.6 Å². The van der Waals surface area contributed by atoms with Gasteiger partial charge < -0.3 is 4.74 Å². The average Bonchev–Trinajstić information content (AvgIpc) is 2.86. The normalized spacial score (nSPS) is 39.8. The Kier molecular flexibility index (Phi) is 4.32. The first-order valence-corrected chi connectivity index (χ1v) is 8.29. The summed E-state index contributed by atoms with van der Waals surface area (Å²) >= 11 is 0. The third kappa shape index (κ3) is 2.48. The molecule has 2 bridgehead atoms. The fourth-order valence-electron chi connectivity index (χ4n) is 4.87. The first kappa shape index (κ1) is 14.3. The van der Waals surface area contributed by atoms with Crippen molar-refractivity contribution in [3.8, 4) is 0 Å². The van der Waals surface area contributed by atoms with E-state index in [0.29, 0.717) is 18.5 Å². The fraction of sp³-hybridized carbons (Fsp3) is 0.938. The van der Waals surface area contributed by atoms with Gasteiger partial charge in [-0.25, -0.2) is 0 Å². The average molecular weight is 280 g/mol. The van der Waals surface area contributed by atoms with Crippen LogP contribution in [0, 0.1) is 11.8 Å². The second kappa shape index (κ2) is 6.02. The number of carbonyl (C=O) groups excluding carboxylic acids is 1. The fourth-order valence-corrected chi connectivity index (χ4v) is 4.87. The number of fused-ring (bicyclic) bond motifs is 2. The van der Waals surface area contributed by atoms with Crippen LogP contribution in [0.3, 0.4) is 0 Å². The Hall–Kier alpha value is -0.610. The Morgan fingerprint density at radius 1 is 1.30 bits per heavy atom. The minimum absolute atomic E-state index is 0.0548. The molecule has 0 aromatic heterocycles. The molecular formula is C16H28N2O2. The predicted octanol–water partition coefficient (Wildman–Crippen LogP) is 1.74. The van der Waals surface area contributed by atoms with Gasteiger partial charge >= 0.3 is 5.97 Å². The molecule has 0 aromatic rings. The van der Waals surface area contributed by atoms with Crippen molar-refractivity contribution in [3.05, 3.63) is 0 Å². The molecule has 0 spiro atoms. The summed E-state index contributed by atoms with van der Waals surface area (Å²) in [6.45, 7) is 7.25. The van der Waals surface area contributed by atoms with E-state index in [2.05, 4.69) is 16.7 Å². The maximum Gasteiger partial charge on any atom is 0.305 e. The number of hydrogen-bond acceptors (Lipinski definition) is 4. The molecule has 4 aliphatic heterocycles. The van der Waals surface area contributed by atoms with Crippen molar-refractivity contribution in [2.75, 3.05) is 33.3 Å². The molecule has 0 saturated carbocycles. The molecule has 0 N–H and O–H groups in total. The van der Waals surface area contributed by atoms with E-state index in [1.165, 1.54) is 52.6 Å². The largest absolute Gasteiger partial charge is 0.469 e. The van der Waals surface area contributed by atoms with E-state index in [-0.39, 0.29) is 5.97 Å². The van der Waals surface area contributed by atoms with Gasteiger partial charge in [0.15, 0.2) is 0 Å². The van der Waals surface area contributed by atoms with Crippen molar-refractivity contribution in [2.24, 2.45) is 11.8 Å². The predicted molar refractivity (Wildman–Crippen MR) is 78.5 cm³/mol. The zero-order valence-corrected chi connectivity index (χ0v) is 12.9. The molecule has 0 aliphatic carbocycles. The third-order valence-corrected chi connectivity index (χ3v) is 5.73. The molecular weight excluding hydrogens is 252 g/mol. The first-order valence-electron chi connectivity index (χ1n) is 8.29. The molecule has 4 nitrogen and oxygen atoms in total. The van der Waals surface area contributed by atoms with Gasteiger partial charge in [-0.2, -0.15) is 0 Å². The van der Waals surface area contributed by atoms with Crippen LogP contribution in [0.1, 0.15) is 39.0 Å². The summed E-state index contributed by atoms with van der Waals surface area (Å²) in [6.07, 6.45) is 5.54. The molecule has 4 fully saturated rings. The molecule has 0 amide bonds. The zero-order valence-electron chi connectivity index (χ0n) is 12.9. The van der Waals surface area contributed by atoms with Crippen LogP contribution in [0.4, 0.5) is 0 Å². The molecule has 4 saturated heterocycles. The molecule has 114 valence electrons. The van der Waals surface area contributed by atoms with Gasteiger partial charge in [0.05, 0.1) is 7.11 Å². The van der Waals surface area contributed by atoms with E-state index in [1.807, 2.05) is 0 Å². The number of esters is 1. The van der Waals surface area contributed by atoms with E-state index < -0.39 is 0 Å². The van der Waals surface area contributed by atoms with Gasteiger partial charge in [-0.05, 0) is 57.2 Å². The van der Waals surface area contributed by atoms with Gasteiger partial charge in [-0.15, -0.1) is 0 Å². The van der Waals surface area contributed by atoms with E-state index in [9.17, 15) is 4.79 Å². The van der Waals surface area contributed by atoms with Gasteiger partial charge in [0.2, 0.25) is 0 Å². The number of piperidine rings is 3. The Morgan fingerprint density at radius 2 is 2.05 bits per heavy atom. The van der Waals surface area contributed by atoms with Crippen LogP contribution in [-0.4, -0.2) is 61.1 Å². The van der Waals surface area contributed by atoms with Crippen molar-refractivity contribution in [1.29, 1.82) is 0 Å². The zero-order chi connectivity index (χ0) is 14.1. The maximum absolute atomic E-state index is 11.5. The smallest absolute Gasteiger partial charge is 0.305 e. The topological polar surface area (TPSA) is 32.8 Å². The third-order valence-electron chi connectivity index (χ3n) is 5.73. The summed E-state index contributed by atoms with van der Waals surface area (Å²) in [6, 6.07) is 1.28. The summed E-state index contributed by atoms with van der Waals surface area (Å²) in [5.41, 5.74) is 0. The van der Waals surface area contributed by atoms with Crippen LogP contribution in [0.25, 0.3) is 0 Å². The lowest BCUT2D eigenvalue weighted by atomic mass is 9.73. The molecule has 20 heavy (non-hydrogen) atoms. The van der Waals surface area contributed by atoms with Crippen molar-refractivity contribution in [2.45, 2.75) is 51.1 Å². The highest BCUT2D eigenvalue weighted by Gasteiger charge is 2.51. The summed E-state index contributed by atoms with van der Waals surface area (Å²) in [7, 11) is 1.50.